The Morgan fingerprint density at radius 2 is 1.73 bits per heavy atom. The molecule has 0 unspecified atom stereocenters. The Labute approximate surface area is 298 Å². The smallest absolute Gasteiger partial charge is 0.336 e. The molecule has 0 bridgehead atoms. The minimum Gasteiger partial charge on any atom is -0.336 e. The molecule has 254 valence electrons. The van der Waals surface area contributed by atoms with Crippen molar-refractivity contribution < 1.29 is 37.4 Å². The van der Waals surface area contributed by atoms with Gasteiger partial charge in [-0.25, -0.2) is 4.39 Å². The number of halogens is 4. The highest BCUT2D eigenvalue weighted by molar-refractivity contribution is 7.98. The number of aromatic nitrogens is 2. The van der Waals surface area contributed by atoms with Gasteiger partial charge in [0.1, 0.15) is 12.3 Å². The third kappa shape index (κ3) is 8.54. The maximum absolute atomic E-state index is 14.9. The Balaban J connectivity index is 1.69. The van der Waals surface area contributed by atoms with Crippen LogP contribution in [0.4, 0.5) is 17.6 Å². The van der Waals surface area contributed by atoms with Crippen molar-refractivity contribution >= 4 is 17.7 Å². The van der Waals surface area contributed by atoms with Crippen molar-refractivity contribution in [2.45, 2.75) is 70.1 Å². The zero-order chi connectivity index (χ0) is 44.2. The number of thioether (sulfide) groups is 1. The van der Waals surface area contributed by atoms with Crippen LogP contribution in [0.2, 0.25) is 0 Å². The van der Waals surface area contributed by atoms with E-state index in [0.29, 0.717) is 21.8 Å². The number of carbonyl (C=O) groups is 1. The number of benzene rings is 3. The van der Waals surface area contributed by atoms with Crippen molar-refractivity contribution in [3.63, 3.8) is 0 Å². The van der Waals surface area contributed by atoms with Gasteiger partial charge in [0.25, 0.3) is 5.56 Å². The molecule has 1 heterocycles. The number of amides is 1. The van der Waals surface area contributed by atoms with Gasteiger partial charge in [0.2, 0.25) is 5.91 Å². The van der Waals surface area contributed by atoms with E-state index in [-0.39, 0.29) is 51.7 Å². The van der Waals surface area contributed by atoms with Gasteiger partial charge in [-0.15, -0.1) is 0 Å². The molecule has 1 aliphatic carbocycles. The predicted octanol–water partition coefficient (Wildman–Crippen LogP) is 7.53. The first kappa shape index (κ1) is 23.4. The quantitative estimate of drug-likeness (QED) is 0.0825. The predicted molar refractivity (Wildman–Crippen MR) is 181 cm³/mol. The highest BCUT2D eigenvalue weighted by Gasteiger charge is 2.30. The lowest BCUT2D eigenvalue weighted by Crippen LogP contribution is -2.40. The average molecular weight is 692 g/mol. The lowest BCUT2D eigenvalue weighted by atomic mass is 9.97. The van der Waals surface area contributed by atoms with Gasteiger partial charge in [-0.05, 0) is 91.3 Å². The van der Waals surface area contributed by atoms with Gasteiger partial charge in [-0.1, -0.05) is 68.0 Å². The maximum atomic E-state index is 14.9. The average Bonchev–Trinajstić information content (AvgIpc) is 3.61. The molecule has 0 N–H and O–H groups in total. The zero-order valence-corrected chi connectivity index (χ0v) is 27.2. The summed E-state index contributed by atoms with van der Waals surface area (Å²) >= 11 is 0.852. The molecule has 3 aromatic carbocycles. The molecule has 11 heteroatoms. The first-order chi connectivity index (χ1) is 27.1. The third-order valence-corrected chi connectivity index (χ3v) is 8.68. The SMILES string of the molecule is [2H]c1c([2H])c(C([2H])([2H])N(CCN(C([2H])([2H])C)C([2H])([2H])C)C(=O)C([2H])([2H])n2c(SCc3ccc(F)cc3)nc(=O)c3c2CCC3)c([2H])c(C)c1-c1ccc(C(F)(F)F)cc1. The van der Waals surface area contributed by atoms with Crippen molar-refractivity contribution in [1.82, 2.24) is 19.4 Å². The van der Waals surface area contributed by atoms with Crippen LogP contribution in [-0.4, -0.2) is 51.3 Å². The largest absolute Gasteiger partial charge is 0.416 e. The van der Waals surface area contributed by atoms with Gasteiger partial charge in [-0.3, -0.25) is 9.59 Å². The lowest BCUT2D eigenvalue weighted by molar-refractivity contribution is -0.137. The second-order valence-corrected chi connectivity index (χ2v) is 11.8. The maximum Gasteiger partial charge on any atom is 0.416 e. The molecule has 0 atom stereocenters. The standard InChI is InChI=1S/C37H40F4N4O2S/c1-4-43(5-2)19-20-44(22-27-11-18-31(25(3)21-27)28-12-14-29(15-13-28)37(39,40)41)34(46)23-45-33-8-6-7-32(33)35(47)42-36(45)48-24-26-9-16-30(38)17-10-26/h9-18,21H,4-8,19-20,22-24H2,1-3H3/i4D2,5D2,11D,18D,21D,22D2,23D2. The lowest BCUT2D eigenvalue weighted by Gasteiger charge is -2.28. The van der Waals surface area contributed by atoms with Crippen LogP contribution in [0.5, 0.6) is 0 Å². The number of fused-ring (bicyclic) bond motifs is 1. The molecular formula is C37H40F4N4O2S. The highest BCUT2D eigenvalue weighted by Crippen LogP contribution is 2.32. The van der Waals surface area contributed by atoms with Crippen molar-refractivity contribution in [1.29, 1.82) is 0 Å². The molecule has 1 amide bonds. The molecule has 4 aromatic rings. The molecule has 0 aliphatic heterocycles. The summed E-state index contributed by atoms with van der Waals surface area (Å²) in [6.07, 6.45) is -3.97. The first-order valence-corrected chi connectivity index (χ1v) is 16.0. The minimum atomic E-state index is -4.68. The van der Waals surface area contributed by atoms with E-state index in [9.17, 15) is 32.6 Å². The molecule has 1 aliphatic rings. The van der Waals surface area contributed by atoms with Gasteiger partial charge in [-0.2, -0.15) is 18.2 Å². The Hall–Kier alpha value is -3.96. The number of nitrogens with zero attached hydrogens (tertiary/aromatic N) is 4. The summed E-state index contributed by atoms with van der Waals surface area (Å²) in [5.74, 6) is -2.12. The van der Waals surface area contributed by atoms with Crippen LogP contribution >= 0.6 is 11.8 Å². The van der Waals surface area contributed by atoms with Crippen molar-refractivity contribution in [3.05, 3.63) is 116 Å². The second-order valence-electron chi connectivity index (χ2n) is 10.8. The molecule has 0 fully saturated rings. The van der Waals surface area contributed by atoms with Crippen molar-refractivity contribution in [2.75, 3.05) is 26.1 Å². The topological polar surface area (TPSA) is 58.4 Å². The van der Waals surface area contributed by atoms with Gasteiger partial charge in [0.15, 0.2) is 5.16 Å². The van der Waals surface area contributed by atoms with Gasteiger partial charge in [0, 0.05) is 42.1 Å². The summed E-state index contributed by atoms with van der Waals surface area (Å²) in [4.78, 5) is 33.1. The number of hydrogen-bond donors (Lipinski definition) is 0. The van der Waals surface area contributed by atoms with Gasteiger partial charge >= 0.3 is 6.18 Å². The summed E-state index contributed by atoms with van der Waals surface area (Å²) in [6.45, 7) is -9.86. The first-order valence-electron chi connectivity index (χ1n) is 20.5. The van der Waals surface area contributed by atoms with E-state index >= 15 is 0 Å². The second kappa shape index (κ2) is 15.5. The van der Waals surface area contributed by atoms with E-state index in [1.807, 2.05) is 0 Å². The number of rotatable bonds is 13. The molecule has 0 radical (unpaired) electrons. The van der Waals surface area contributed by atoms with Crippen LogP contribution in [0.3, 0.4) is 0 Å². The van der Waals surface area contributed by atoms with E-state index in [1.165, 1.54) is 31.2 Å². The number of carbonyl (C=O) groups excluding carboxylic acids is 1. The molecule has 0 saturated heterocycles. The molecule has 48 heavy (non-hydrogen) atoms. The Bertz CT molecular complexity index is 2260. The van der Waals surface area contributed by atoms with Gasteiger partial charge in [0.05, 0.1) is 15.2 Å². The number of likely N-dealkylation sites (N-methyl/N-ethyl adjacent to an activating group) is 1. The monoisotopic (exact) mass is 691 g/mol. The molecular weight excluding hydrogens is 640 g/mol. The van der Waals surface area contributed by atoms with E-state index < -0.39 is 91.8 Å². The number of alkyl halides is 3. The van der Waals surface area contributed by atoms with Gasteiger partial charge < -0.3 is 14.4 Å². The Kier molecular flexibility index (Phi) is 7.56. The summed E-state index contributed by atoms with van der Waals surface area (Å²) in [7, 11) is 0. The van der Waals surface area contributed by atoms with Crippen molar-refractivity contribution in [2.24, 2.45) is 0 Å². The number of hydrogen-bond acceptors (Lipinski definition) is 5. The van der Waals surface area contributed by atoms with Crippen molar-refractivity contribution in [3.8, 4) is 11.1 Å². The van der Waals surface area contributed by atoms with Crippen LogP contribution < -0.4 is 5.56 Å². The fraction of sp³-hybridized carbons (Fsp3) is 0.378. The van der Waals surface area contributed by atoms with Crippen LogP contribution in [0.1, 0.15) is 68.9 Å². The normalized spacial score (nSPS) is 17.4. The molecule has 1 aromatic heterocycles. The molecule has 5 rings (SSSR count). The summed E-state index contributed by atoms with van der Waals surface area (Å²) in [5, 5.41) is -0.275. The van der Waals surface area contributed by atoms with Crippen LogP contribution in [0.15, 0.2) is 76.6 Å². The molecule has 0 spiro atoms. The van der Waals surface area contributed by atoms with E-state index in [0.717, 1.165) is 54.4 Å². The zero-order valence-electron chi connectivity index (χ0n) is 37.4. The minimum absolute atomic E-state index is 0.00937. The van der Waals surface area contributed by atoms with Crippen LogP contribution in [-0.2, 0) is 42.6 Å². The fourth-order valence-corrected chi connectivity index (χ4v) is 6.09. The summed E-state index contributed by atoms with van der Waals surface area (Å²) in [5.41, 5.74) is -2.08. The summed E-state index contributed by atoms with van der Waals surface area (Å²) in [6, 6.07) is 6.48. The van der Waals surface area contributed by atoms with E-state index in [1.54, 1.807) is 0 Å². The third-order valence-electron chi connectivity index (χ3n) is 7.67. The molecule has 6 nitrogen and oxygen atoms in total. The van der Waals surface area contributed by atoms with Crippen LogP contribution in [0.25, 0.3) is 11.1 Å². The van der Waals surface area contributed by atoms with E-state index in [2.05, 4.69) is 4.98 Å². The summed E-state index contributed by atoms with van der Waals surface area (Å²) < 4.78 is 152. The Morgan fingerprint density at radius 3 is 2.40 bits per heavy atom. The van der Waals surface area contributed by atoms with Crippen LogP contribution in [0, 0.1) is 12.7 Å². The van der Waals surface area contributed by atoms with E-state index in [4.69, 9.17) is 9.60 Å². The highest BCUT2D eigenvalue weighted by atomic mass is 32.2. The molecule has 0 saturated carbocycles. The Morgan fingerprint density at radius 1 is 1.02 bits per heavy atom. The fourth-order valence-electron chi connectivity index (χ4n) is 5.17.